The van der Waals surface area contributed by atoms with Gasteiger partial charge in [-0.15, -0.1) is 24.8 Å². The molecule has 0 radical (unpaired) electrons. The van der Waals surface area contributed by atoms with E-state index in [1.54, 1.807) is 55.4 Å². The summed E-state index contributed by atoms with van der Waals surface area (Å²) in [5, 5.41) is 30.1. The van der Waals surface area contributed by atoms with Gasteiger partial charge in [-0.2, -0.15) is 20.5 Å². The van der Waals surface area contributed by atoms with Gasteiger partial charge in [0.25, 0.3) is 0 Å². The summed E-state index contributed by atoms with van der Waals surface area (Å²) in [6.45, 7) is 13.4. The van der Waals surface area contributed by atoms with E-state index in [0.717, 1.165) is 0 Å². The van der Waals surface area contributed by atoms with Gasteiger partial charge < -0.3 is 22.9 Å². The fraction of sp³-hybridized carbons (Fsp3) is 0.778. The standard InChI is InChI=1S/C10H20N4O2.C8H18N6.2ClH/c1-5-9(3,7(11)15)13-14-10(4,6-2)8(12)16;1-7(2,5(9)10)13-14-8(3,4)6(11)12;;/h5-6H2,1-4H3,(H2,11,15)(H2,12,16);1-4H3,(H3,9,10)(H3,11,12);2*1H. The lowest BCUT2D eigenvalue weighted by Gasteiger charge is -2.22. The number of hydrogen-bond acceptors (Lipinski definition) is 8. The fourth-order valence-electron chi connectivity index (χ4n) is 1.17. The maximum absolute atomic E-state index is 11.2. The average Bonchev–Trinajstić information content (AvgIpc) is 2.64. The van der Waals surface area contributed by atoms with Crippen LogP contribution in [0.3, 0.4) is 0 Å². The molecule has 0 heterocycles. The highest BCUT2D eigenvalue weighted by Crippen LogP contribution is 2.21. The lowest BCUT2D eigenvalue weighted by molar-refractivity contribution is -0.124. The van der Waals surface area contributed by atoms with E-state index in [2.05, 4.69) is 20.5 Å². The van der Waals surface area contributed by atoms with E-state index in [9.17, 15) is 9.59 Å². The zero-order valence-corrected chi connectivity index (χ0v) is 21.8. The molecule has 0 spiro atoms. The monoisotopic (exact) mass is 498 g/mol. The Morgan fingerprint density at radius 3 is 0.969 bits per heavy atom. The highest BCUT2D eigenvalue weighted by molar-refractivity contribution is 5.88. The van der Waals surface area contributed by atoms with Gasteiger partial charge in [0, 0.05) is 0 Å². The minimum absolute atomic E-state index is 0. The van der Waals surface area contributed by atoms with Crippen molar-refractivity contribution in [2.45, 2.75) is 90.4 Å². The van der Waals surface area contributed by atoms with Gasteiger partial charge in [0.2, 0.25) is 11.8 Å². The van der Waals surface area contributed by atoms with Crippen molar-refractivity contribution in [3.05, 3.63) is 0 Å². The number of amidine groups is 2. The van der Waals surface area contributed by atoms with Gasteiger partial charge in [0.15, 0.2) is 11.1 Å². The molecule has 0 aromatic heterocycles. The highest BCUT2D eigenvalue weighted by Gasteiger charge is 2.33. The molecule has 0 aliphatic rings. The molecule has 2 unspecified atom stereocenters. The van der Waals surface area contributed by atoms with E-state index in [1.807, 2.05) is 0 Å². The molecule has 10 N–H and O–H groups in total. The van der Waals surface area contributed by atoms with E-state index in [1.165, 1.54) is 0 Å². The Morgan fingerprint density at radius 2 is 0.844 bits per heavy atom. The maximum atomic E-state index is 11.2. The minimum atomic E-state index is -1.08. The molecule has 12 nitrogen and oxygen atoms in total. The second-order valence-electron chi connectivity index (χ2n) is 8.33. The Balaban J connectivity index is -0.000000232. The number of hydrogen-bond donors (Lipinski definition) is 6. The van der Waals surface area contributed by atoms with E-state index >= 15 is 0 Å². The summed E-state index contributed by atoms with van der Waals surface area (Å²) in [6, 6.07) is 0. The highest BCUT2D eigenvalue weighted by atomic mass is 35.5. The van der Waals surface area contributed by atoms with E-state index < -0.39 is 34.0 Å². The topological polar surface area (TPSA) is 235 Å². The van der Waals surface area contributed by atoms with Crippen molar-refractivity contribution in [3.63, 3.8) is 0 Å². The summed E-state index contributed by atoms with van der Waals surface area (Å²) >= 11 is 0. The van der Waals surface area contributed by atoms with E-state index in [0.29, 0.717) is 12.8 Å². The molecule has 0 rings (SSSR count). The first kappa shape index (κ1) is 37.0. The molecule has 2 atom stereocenters. The largest absolute Gasteiger partial charge is 0.386 e. The second kappa shape index (κ2) is 13.9. The van der Waals surface area contributed by atoms with Crippen LogP contribution in [0.5, 0.6) is 0 Å². The molecular formula is C18H40Cl2N10O2. The quantitative estimate of drug-likeness (QED) is 0.151. The van der Waals surface area contributed by atoms with Gasteiger partial charge in [0.05, 0.1) is 0 Å². The van der Waals surface area contributed by atoms with Crippen molar-refractivity contribution in [1.82, 2.24) is 0 Å². The van der Waals surface area contributed by atoms with Crippen LogP contribution < -0.4 is 22.9 Å². The number of amides is 2. The summed E-state index contributed by atoms with van der Waals surface area (Å²) in [5.41, 5.74) is 17.2. The Labute approximate surface area is 202 Å². The number of halogens is 2. The van der Waals surface area contributed by atoms with Crippen LogP contribution in [0.25, 0.3) is 0 Å². The third-order valence-corrected chi connectivity index (χ3v) is 4.80. The van der Waals surface area contributed by atoms with Gasteiger partial charge in [0.1, 0.15) is 22.7 Å². The van der Waals surface area contributed by atoms with Crippen molar-refractivity contribution in [2.75, 3.05) is 0 Å². The SMILES string of the molecule is CC(C)(N=NC(C)(C)C(=N)N)C(=N)N.CCC(C)(N=NC(C)(CC)C(N)=O)C(N)=O.Cl.Cl. The van der Waals surface area contributed by atoms with Crippen molar-refractivity contribution >= 4 is 48.3 Å². The summed E-state index contributed by atoms with van der Waals surface area (Å²) < 4.78 is 0. The van der Waals surface area contributed by atoms with Crippen LogP contribution in [0.2, 0.25) is 0 Å². The fourth-order valence-corrected chi connectivity index (χ4v) is 1.17. The molecule has 188 valence electrons. The van der Waals surface area contributed by atoms with Gasteiger partial charge in [-0.05, 0) is 54.4 Å². The third kappa shape index (κ3) is 11.3. The molecule has 0 aromatic rings. The average molecular weight is 499 g/mol. The van der Waals surface area contributed by atoms with E-state index in [-0.39, 0.29) is 36.5 Å². The minimum Gasteiger partial charge on any atom is -0.386 e. The first-order valence-corrected chi connectivity index (χ1v) is 9.48. The lowest BCUT2D eigenvalue weighted by atomic mass is 9.98. The predicted octanol–water partition coefficient (Wildman–Crippen LogP) is 2.46. The number of primary amides is 2. The molecule has 14 heteroatoms. The Hall–Kier alpha value is -2.34. The predicted molar refractivity (Wildman–Crippen MR) is 132 cm³/mol. The normalized spacial score (nSPS) is 15.2. The Kier molecular flexibility index (Phi) is 16.1. The smallest absolute Gasteiger partial charge is 0.246 e. The zero-order valence-electron chi connectivity index (χ0n) is 20.1. The third-order valence-electron chi connectivity index (χ3n) is 4.80. The van der Waals surface area contributed by atoms with Crippen LogP contribution >= 0.6 is 24.8 Å². The van der Waals surface area contributed by atoms with Crippen LogP contribution in [-0.4, -0.2) is 45.6 Å². The van der Waals surface area contributed by atoms with Gasteiger partial charge in [-0.1, -0.05) is 13.8 Å². The van der Waals surface area contributed by atoms with Crippen molar-refractivity contribution in [1.29, 1.82) is 10.8 Å². The molecule has 2 amide bonds. The molecule has 32 heavy (non-hydrogen) atoms. The van der Waals surface area contributed by atoms with Crippen LogP contribution in [0, 0.1) is 10.8 Å². The van der Waals surface area contributed by atoms with Gasteiger partial charge in [-0.3, -0.25) is 20.4 Å². The first-order chi connectivity index (χ1) is 13.3. The van der Waals surface area contributed by atoms with Crippen LogP contribution in [-0.2, 0) is 9.59 Å². The van der Waals surface area contributed by atoms with Crippen molar-refractivity contribution in [2.24, 2.45) is 43.4 Å². The number of rotatable bonds is 10. The van der Waals surface area contributed by atoms with E-state index in [4.69, 9.17) is 33.8 Å². The van der Waals surface area contributed by atoms with Crippen molar-refractivity contribution in [3.8, 4) is 0 Å². The molecule has 0 fully saturated rings. The Bertz CT molecular complexity index is 667. The summed E-state index contributed by atoms with van der Waals surface area (Å²) in [4.78, 5) is 22.4. The lowest BCUT2D eigenvalue weighted by Crippen LogP contribution is -2.42. The van der Waals surface area contributed by atoms with Crippen LogP contribution in [0.4, 0.5) is 0 Å². The molecular weight excluding hydrogens is 459 g/mol. The molecule has 0 saturated carbocycles. The molecule has 0 aromatic carbocycles. The van der Waals surface area contributed by atoms with Gasteiger partial charge >= 0.3 is 0 Å². The number of nitrogens with zero attached hydrogens (tertiary/aromatic N) is 4. The molecule has 0 bridgehead atoms. The number of azo groups is 2. The van der Waals surface area contributed by atoms with Gasteiger partial charge in [-0.25, -0.2) is 0 Å². The number of carbonyl (C=O) groups excluding carboxylic acids is 2. The molecule has 0 aliphatic carbocycles. The summed E-state index contributed by atoms with van der Waals surface area (Å²) in [7, 11) is 0. The molecule has 0 aliphatic heterocycles. The van der Waals surface area contributed by atoms with Crippen molar-refractivity contribution < 1.29 is 9.59 Å². The van der Waals surface area contributed by atoms with Crippen LogP contribution in [0.1, 0.15) is 68.2 Å². The number of carbonyl (C=O) groups is 2. The molecule has 0 saturated heterocycles. The summed E-state index contributed by atoms with van der Waals surface area (Å²) in [6.07, 6.45) is 0.842. The zero-order chi connectivity index (χ0) is 24.6. The Morgan fingerprint density at radius 1 is 0.625 bits per heavy atom. The summed E-state index contributed by atoms with van der Waals surface area (Å²) in [5.74, 6) is -1.27. The number of nitrogens with one attached hydrogen (secondary N) is 2. The number of nitrogens with two attached hydrogens (primary N) is 4. The second-order valence-corrected chi connectivity index (χ2v) is 8.33. The first-order valence-electron chi connectivity index (χ1n) is 9.48. The van der Waals surface area contributed by atoms with Crippen LogP contribution in [0.15, 0.2) is 20.5 Å². The maximum Gasteiger partial charge on any atom is 0.246 e.